The van der Waals surface area contributed by atoms with Crippen molar-refractivity contribution in [3.63, 3.8) is 0 Å². The van der Waals surface area contributed by atoms with Gasteiger partial charge in [-0.05, 0) is 69.8 Å². The number of hydrogen-bond acceptors (Lipinski definition) is 3. The van der Waals surface area contributed by atoms with Crippen LogP contribution in [0.2, 0.25) is 0 Å². The van der Waals surface area contributed by atoms with E-state index in [0.717, 1.165) is 38.5 Å². The molecule has 1 unspecified atom stereocenters. The van der Waals surface area contributed by atoms with Crippen molar-refractivity contribution in [2.75, 3.05) is 28.3 Å². The zero-order valence-electron chi connectivity index (χ0n) is 20.2. The Hall–Kier alpha value is -2.63. The Labute approximate surface area is 196 Å². The van der Waals surface area contributed by atoms with Gasteiger partial charge in [-0.25, -0.2) is 5.06 Å². The molecule has 1 heterocycles. The third-order valence-corrected chi connectivity index (χ3v) is 8.68. The van der Waals surface area contributed by atoms with E-state index in [1.54, 1.807) is 14.2 Å². The van der Waals surface area contributed by atoms with E-state index in [9.17, 15) is 4.79 Å². The topological polar surface area (TPSA) is 48.6 Å². The number of carbonyl (C=O) groups is 1. The van der Waals surface area contributed by atoms with Crippen molar-refractivity contribution < 1.29 is 9.63 Å². The lowest BCUT2D eigenvalue weighted by Gasteiger charge is -2.53. The van der Waals surface area contributed by atoms with Crippen molar-refractivity contribution in [2.24, 2.45) is 5.92 Å². The third kappa shape index (κ3) is 3.32. The summed E-state index contributed by atoms with van der Waals surface area (Å²) >= 11 is 0. The Morgan fingerprint density at radius 1 is 0.970 bits per heavy atom. The second-order valence-corrected chi connectivity index (χ2v) is 10.1. The lowest BCUT2D eigenvalue weighted by molar-refractivity contribution is -0.178. The van der Waals surface area contributed by atoms with Crippen molar-refractivity contribution in [2.45, 2.75) is 49.5 Å². The number of aromatic amines is 1. The smallest absolute Gasteiger partial charge is 0.249 e. The number of para-hydroxylation sites is 1. The molecule has 1 spiro atoms. The molecular weight excluding hydrogens is 410 g/mol. The van der Waals surface area contributed by atoms with Crippen LogP contribution in [0, 0.1) is 5.92 Å². The highest BCUT2D eigenvalue weighted by atomic mass is 16.7. The van der Waals surface area contributed by atoms with Crippen LogP contribution in [-0.4, -0.2) is 49.1 Å². The monoisotopic (exact) mass is 445 g/mol. The molecule has 0 bridgehead atoms. The minimum Gasteiger partial charge on any atom is -0.358 e. The van der Waals surface area contributed by atoms with Crippen LogP contribution in [0.25, 0.3) is 10.9 Å². The fourth-order valence-corrected chi connectivity index (χ4v) is 6.74. The predicted molar refractivity (Wildman–Crippen MR) is 132 cm³/mol. The molecule has 5 nitrogen and oxygen atoms in total. The number of hydroxylamine groups is 2. The number of H-pyrrole nitrogens is 1. The Kier molecular flexibility index (Phi) is 5.58. The van der Waals surface area contributed by atoms with Gasteiger partial charge in [-0.3, -0.25) is 14.5 Å². The molecule has 0 radical (unpaired) electrons. The van der Waals surface area contributed by atoms with E-state index in [2.05, 4.69) is 78.6 Å². The van der Waals surface area contributed by atoms with Gasteiger partial charge in [0.15, 0.2) is 0 Å². The SMILES string of the molecule is CON(C)C(=O)C1CCc2c([nH]c3ccccc23)C12CCC(c1ccccc1)(N(C)C)CC2. The normalized spacial score (nSPS) is 27.1. The summed E-state index contributed by atoms with van der Waals surface area (Å²) in [6.45, 7) is 0. The first-order valence-corrected chi connectivity index (χ1v) is 12.1. The molecule has 3 aromatic rings. The molecule has 5 heteroatoms. The van der Waals surface area contributed by atoms with E-state index in [0.29, 0.717) is 0 Å². The first kappa shape index (κ1) is 22.2. The number of aromatic nitrogens is 1. The molecule has 33 heavy (non-hydrogen) atoms. The highest BCUT2D eigenvalue weighted by Gasteiger charge is 2.54. The van der Waals surface area contributed by atoms with Gasteiger partial charge >= 0.3 is 0 Å². The van der Waals surface area contributed by atoms with Gasteiger partial charge in [-0.15, -0.1) is 0 Å². The maximum atomic E-state index is 13.6. The lowest BCUT2D eigenvalue weighted by Crippen LogP contribution is -2.54. The second-order valence-electron chi connectivity index (χ2n) is 10.1. The summed E-state index contributed by atoms with van der Waals surface area (Å²) in [5, 5.41) is 2.75. The Morgan fingerprint density at radius 2 is 1.64 bits per heavy atom. The molecule has 1 fully saturated rings. The van der Waals surface area contributed by atoms with Crippen molar-refractivity contribution >= 4 is 16.8 Å². The van der Waals surface area contributed by atoms with Gasteiger partial charge < -0.3 is 4.98 Å². The molecule has 2 aliphatic carbocycles. The van der Waals surface area contributed by atoms with Gasteiger partial charge in [-0.1, -0.05) is 48.5 Å². The molecule has 2 aromatic carbocycles. The summed E-state index contributed by atoms with van der Waals surface area (Å²) in [6.07, 6.45) is 5.74. The maximum Gasteiger partial charge on any atom is 0.249 e. The summed E-state index contributed by atoms with van der Waals surface area (Å²) in [6, 6.07) is 19.5. The molecule has 1 aromatic heterocycles. The number of fused-ring (bicyclic) bond motifs is 4. The number of nitrogens with zero attached hydrogens (tertiary/aromatic N) is 2. The van der Waals surface area contributed by atoms with Gasteiger partial charge in [0.2, 0.25) is 5.91 Å². The Balaban J connectivity index is 1.61. The zero-order chi connectivity index (χ0) is 23.2. The van der Waals surface area contributed by atoms with Crippen LogP contribution < -0.4 is 0 Å². The Morgan fingerprint density at radius 3 is 2.30 bits per heavy atom. The van der Waals surface area contributed by atoms with Crippen LogP contribution in [0.5, 0.6) is 0 Å². The molecule has 0 aliphatic heterocycles. The van der Waals surface area contributed by atoms with E-state index in [1.165, 1.54) is 32.8 Å². The second kappa shape index (κ2) is 8.30. The van der Waals surface area contributed by atoms with Gasteiger partial charge in [0.05, 0.1) is 13.0 Å². The summed E-state index contributed by atoms with van der Waals surface area (Å²) in [7, 11) is 7.71. The van der Waals surface area contributed by atoms with Crippen LogP contribution in [0.1, 0.15) is 48.9 Å². The van der Waals surface area contributed by atoms with Crippen molar-refractivity contribution in [1.29, 1.82) is 0 Å². The molecule has 174 valence electrons. The lowest BCUT2D eigenvalue weighted by atomic mass is 9.55. The van der Waals surface area contributed by atoms with Gasteiger partial charge in [0, 0.05) is 34.6 Å². The van der Waals surface area contributed by atoms with Gasteiger partial charge in [-0.2, -0.15) is 0 Å². The number of hydrogen-bond donors (Lipinski definition) is 1. The fourth-order valence-electron chi connectivity index (χ4n) is 6.74. The number of amides is 1. The van der Waals surface area contributed by atoms with Crippen LogP contribution in [0.15, 0.2) is 54.6 Å². The van der Waals surface area contributed by atoms with Crippen LogP contribution in [0.3, 0.4) is 0 Å². The van der Waals surface area contributed by atoms with E-state index >= 15 is 0 Å². The number of nitrogens with one attached hydrogen (secondary N) is 1. The highest BCUT2D eigenvalue weighted by Crippen LogP contribution is 2.56. The highest BCUT2D eigenvalue weighted by molar-refractivity contribution is 5.87. The fraction of sp³-hybridized carbons (Fsp3) is 0.464. The van der Waals surface area contributed by atoms with E-state index in [4.69, 9.17) is 4.84 Å². The molecule has 1 N–H and O–H groups in total. The molecule has 0 saturated heterocycles. The van der Waals surface area contributed by atoms with Crippen LogP contribution in [0.4, 0.5) is 0 Å². The molecule has 5 rings (SSSR count). The molecule has 1 atom stereocenters. The largest absolute Gasteiger partial charge is 0.358 e. The van der Waals surface area contributed by atoms with Crippen LogP contribution >= 0.6 is 0 Å². The van der Waals surface area contributed by atoms with E-state index in [-0.39, 0.29) is 22.8 Å². The zero-order valence-corrected chi connectivity index (χ0v) is 20.2. The van der Waals surface area contributed by atoms with Crippen molar-refractivity contribution in [1.82, 2.24) is 14.9 Å². The summed E-state index contributed by atoms with van der Waals surface area (Å²) in [5.74, 6) is 0.0119. The van der Waals surface area contributed by atoms with Crippen molar-refractivity contribution in [3.05, 3.63) is 71.4 Å². The summed E-state index contributed by atoms with van der Waals surface area (Å²) < 4.78 is 0. The number of rotatable bonds is 4. The average Bonchev–Trinajstić information content (AvgIpc) is 3.24. The van der Waals surface area contributed by atoms with Gasteiger partial charge in [0.1, 0.15) is 0 Å². The Bertz CT molecular complexity index is 1140. The molecule has 1 saturated carbocycles. The summed E-state index contributed by atoms with van der Waals surface area (Å²) in [4.78, 5) is 25.1. The first-order valence-electron chi connectivity index (χ1n) is 12.1. The minimum atomic E-state index is -0.204. The summed E-state index contributed by atoms with van der Waals surface area (Å²) in [5.41, 5.74) is 5.03. The number of aryl methyl sites for hydroxylation is 1. The van der Waals surface area contributed by atoms with E-state index in [1.807, 2.05) is 0 Å². The molecule has 2 aliphatic rings. The predicted octanol–water partition coefficient (Wildman–Crippen LogP) is 5.02. The number of benzene rings is 2. The molecular formula is C28H35N3O2. The minimum absolute atomic E-state index is 0.0170. The quantitative estimate of drug-likeness (QED) is 0.574. The standard InChI is InChI=1S/C28H35N3O2/c1-30(2)28(20-10-6-5-7-11-20)18-16-27(17-19-28)23(26(32)31(3)33-4)15-14-22-21-12-8-9-13-24(21)29-25(22)27/h5-13,23,29H,14-19H2,1-4H3. The molecule has 1 amide bonds. The first-order chi connectivity index (χ1) is 15.9. The van der Waals surface area contributed by atoms with Gasteiger partial charge in [0.25, 0.3) is 0 Å². The van der Waals surface area contributed by atoms with Crippen LogP contribution in [-0.2, 0) is 27.0 Å². The average molecular weight is 446 g/mol. The third-order valence-electron chi connectivity index (χ3n) is 8.68. The maximum absolute atomic E-state index is 13.6. The van der Waals surface area contributed by atoms with E-state index < -0.39 is 0 Å². The van der Waals surface area contributed by atoms with Crippen molar-refractivity contribution in [3.8, 4) is 0 Å². The number of carbonyl (C=O) groups excluding carboxylic acids is 1.